The van der Waals surface area contributed by atoms with Gasteiger partial charge in [0.2, 0.25) is 0 Å². The summed E-state index contributed by atoms with van der Waals surface area (Å²) < 4.78 is 1.64. The van der Waals surface area contributed by atoms with Gasteiger partial charge in [0.25, 0.3) is 0 Å². The van der Waals surface area contributed by atoms with E-state index in [1.807, 2.05) is 25.8 Å². The maximum Gasteiger partial charge on any atom is 0.339 e. The highest BCUT2D eigenvalue weighted by atomic mass is 16.4. The molecule has 2 aromatic heterocycles. The number of hydrogen-bond acceptors (Lipinski definition) is 4. The zero-order valence-electron chi connectivity index (χ0n) is 10.9. The van der Waals surface area contributed by atoms with Crippen LogP contribution in [-0.4, -0.2) is 38.9 Å². The molecule has 2 heterocycles. The second kappa shape index (κ2) is 4.29. The summed E-state index contributed by atoms with van der Waals surface area (Å²) in [4.78, 5) is 17.4. The summed E-state index contributed by atoms with van der Waals surface area (Å²) in [6, 6.07) is 0.189. The number of pyridine rings is 1. The van der Waals surface area contributed by atoms with Crippen LogP contribution >= 0.6 is 0 Å². The van der Waals surface area contributed by atoms with Gasteiger partial charge >= 0.3 is 5.97 Å². The van der Waals surface area contributed by atoms with Crippen molar-refractivity contribution in [1.82, 2.24) is 14.8 Å². The highest BCUT2D eigenvalue weighted by Gasteiger charge is 2.21. The van der Waals surface area contributed by atoms with Gasteiger partial charge < -0.3 is 10.0 Å². The van der Waals surface area contributed by atoms with E-state index in [1.165, 1.54) is 6.20 Å². The number of anilines is 1. The molecule has 2 aromatic rings. The Morgan fingerprint density at radius 3 is 2.67 bits per heavy atom. The summed E-state index contributed by atoms with van der Waals surface area (Å²) >= 11 is 0. The van der Waals surface area contributed by atoms with E-state index in [9.17, 15) is 9.90 Å². The predicted octanol–water partition coefficient (Wildman–Crippen LogP) is 1.51. The first-order chi connectivity index (χ1) is 8.43. The average Bonchev–Trinajstić information content (AvgIpc) is 2.69. The SMILES string of the molecule is CC(C)N(C)c1c(C(=O)O)cnc2c1cnn2C. The van der Waals surface area contributed by atoms with Gasteiger partial charge in [-0.25, -0.2) is 9.78 Å². The van der Waals surface area contributed by atoms with Crippen molar-refractivity contribution in [3.63, 3.8) is 0 Å². The smallest absolute Gasteiger partial charge is 0.339 e. The van der Waals surface area contributed by atoms with Crippen molar-refractivity contribution in [2.24, 2.45) is 7.05 Å². The Morgan fingerprint density at radius 1 is 1.44 bits per heavy atom. The molecule has 6 nitrogen and oxygen atoms in total. The van der Waals surface area contributed by atoms with Crippen LogP contribution in [0, 0.1) is 0 Å². The molecule has 0 bridgehead atoms. The van der Waals surface area contributed by atoms with Crippen molar-refractivity contribution in [3.8, 4) is 0 Å². The third-order valence-corrected chi connectivity index (χ3v) is 3.09. The standard InChI is InChI=1S/C12H16N4O2/c1-7(2)15(3)10-8-6-14-16(4)11(8)13-5-9(10)12(17)18/h5-7H,1-4H3,(H,17,18). The first-order valence-electron chi connectivity index (χ1n) is 5.70. The first kappa shape index (κ1) is 12.3. The molecule has 0 saturated heterocycles. The van der Waals surface area contributed by atoms with Crippen molar-refractivity contribution >= 4 is 22.7 Å². The number of aromatic carboxylic acids is 1. The molecule has 0 fully saturated rings. The summed E-state index contributed by atoms with van der Waals surface area (Å²) in [5.41, 5.74) is 1.55. The van der Waals surface area contributed by atoms with E-state index in [0.717, 1.165) is 5.39 Å². The summed E-state index contributed by atoms with van der Waals surface area (Å²) in [6.45, 7) is 4.02. The van der Waals surface area contributed by atoms with Crippen molar-refractivity contribution < 1.29 is 9.90 Å². The minimum absolute atomic E-state index is 0.189. The molecule has 0 spiro atoms. The van der Waals surface area contributed by atoms with E-state index < -0.39 is 5.97 Å². The minimum Gasteiger partial charge on any atom is -0.478 e. The molecular formula is C12H16N4O2. The number of fused-ring (bicyclic) bond motifs is 1. The van der Waals surface area contributed by atoms with Crippen LogP contribution < -0.4 is 4.90 Å². The molecule has 18 heavy (non-hydrogen) atoms. The zero-order valence-corrected chi connectivity index (χ0v) is 10.9. The molecule has 0 saturated carbocycles. The normalized spacial score (nSPS) is 11.2. The minimum atomic E-state index is -0.976. The van der Waals surface area contributed by atoms with Crippen LogP contribution in [0.15, 0.2) is 12.4 Å². The third kappa shape index (κ3) is 1.79. The Balaban J connectivity index is 2.78. The molecule has 0 unspecified atom stereocenters. The molecule has 6 heteroatoms. The maximum atomic E-state index is 11.3. The number of carbonyl (C=O) groups is 1. The summed E-state index contributed by atoms with van der Waals surface area (Å²) in [5, 5.41) is 14.2. The van der Waals surface area contributed by atoms with E-state index in [-0.39, 0.29) is 11.6 Å². The van der Waals surface area contributed by atoms with Crippen LogP contribution in [-0.2, 0) is 7.05 Å². The number of rotatable bonds is 3. The average molecular weight is 248 g/mol. The molecule has 0 aliphatic carbocycles. The highest BCUT2D eigenvalue weighted by molar-refractivity contribution is 6.03. The molecule has 1 N–H and O–H groups in total. The molecular weight excluding hydrogens is 232 g/mol. The quantitative estimate of drug-likeness (QED) is 0.891. The van der Waals surface area contributed by atoms with Gasteiger partial charge in [-0.1, -0.05) is 0 Å². The summed E-state index contributed by atoms with van der Waals surface area (Å²) in [5.74, 6) is -0.976. The Bertz CT molecular complexity index is 603. The molecule has 0 aliphatic heterocycles. The van der Waals surface area contributed by atoms with Gasteiger partial charge in [-0.15, -0.1) is 0 Å². The van der Waals surface area contributed by atoms with Crippen LogP contribution in [0.2, 0.25) is 0 Å². The topological polar surface area (TPSA) is 71.2 Å². The molecule has 0 amide bonds. The summed E-state index contributed by atoms with van der Waals surface area (Å²) in [6.07, 6.45) is 3.05. The fourth-order valence-electron chi connectivity index (χ4n) is 1.88. The second-order valence-electron chi connectivity index (χ2n) is 4.54. The van der Waals surface area contributed by atoms with E-state index in [4.69, 9.17) is 0 Å². The van der Waals surface area contributed by atoms with Crippen molar-refractivity contribution in [1.29, 1.82) is 0 Å². The van der Waals surface area contributed by atoms with Gasteiger partial charge in [-0.2, -0.15) is 5.10 Å². The van der Waals surface area contributed by atoms with Crippen LogP contribution in [0.5, 0.6) is 0 Å². The lowest BCUT2D eigenvalue weighted by Crippen LogP contribution is -2.27. The lowest BCUT2D eigenvalue weighted by molar-refractivity contribution is 0.0697. The number of aromatic nitrogens is 3. The van der Waals surface area contributed by atoms with E-state index >= 15 is 0 Å². The number of carboxylic acid groups (broad SMARTS) is 1. The monoisotopic (exact) mass is 248 g/mol. The van der Waals surface area contributed by atoms with Gasteiger partial charge in [0.05, 0.1) is 17.3 Å². The number of nitrogens with zero attached hydrogens (tertiary/aromatic N) is 4. The van der Waals surface area contributed by atoms with Crippen LogP contribution in [0.25, 0.3) is 11.0 Å². The first-order valence-corrected chi connectivity index (χ1v) is 5.70. The molecule has 0 atom stereocenters. The molecule has 2 rings (SSSR count). The van der Waals surface area contributed by atoms with E-state index in [0.29, 0.717) is 11.3 Å². The Hall–Kier alpha value is -2.11. The molecule has 96 valence electrons. The van der Waals surface area contributed by atoms with E-state index in [1.54, 1.807) is 17.9 Å². The lowest BCUT2D eigenvalue weighted by Gasteiger charge is -2.25. The van der Waals surface area contributed by atoms with Gasteiger partial charge in [0.1, 0.15) is 5.56 Å². The fourth-order valence-corrected chi connectivity index (χ4v) is 1.88. The van der Waals surface area contributed by atoms with Gasteiger partial charge in [-0.3, -0.25) is 4.68 Å². The lowest BCUT2D eigenvalue weighted by atomic mass is 10.1. The van der Waals surface area contributed by atoms with E-state index in [2.05, 4.69) is 10.1 Å². The Kier molecular flexibility index (Phi) is 2.94. The summed E-state index contributed by atoms with van der Waals surface area (Å²) in [7, 11) is 3.66. The van der Waals surface area contributed by atoms with Crippen molar-refractivity contribution in [3.05, 3.63) is 18.0 Å². The van der Waals surface area contributed by atoms with Crippen molar-refractivity contribution in [2.75, 3.05) is 11.9 Å². The Labute approximate surface area is 105 Å². The van der Waals surface area contributed by atoms with Gasteiger partial charge in [-0.05, 0) is 13.8 Å². The number of carboxylic acids is 1. The van der Waals surface area contributed by atoms with Gasteiger partial charge in [0.15, 0.2) is 5.65 Å². The number of aryl methyl sites for hydroxylation is 1. The highest BCUT2D eigenvalue weighted by Crippen LogP contribution is 2.29. The largest absolute Gasteiger partial charge is 0.478 e. The molecule has 0 aromatic carbocycles. The zero-order chi connectivity index (χ0) is 13.4. The van der Waals surface area contributed by atoms with Crippen LogP contribution in [0.3, 0.4) is 0 Å². The van der Waals surface area contributed by atoms with Gasteiger partial charge in [0, 0.05) is 26.3 Å². The number of hydrogen-bond donors (Lipinski definition) is 1. The Morgan fingerprint density at radius 2 is 2.11 bits per heavy atom. The molecule has 0 aliphatic rings. The third-order valence-electron chi connectivity index (χ3n) is 3.09. The fraction of sp³-hybridized carbons (Fsp3) is 0.417. The van der Waals surface area contributed by atoms with Crippen LogP contribution in [0.1, 0.15) is 24.2 Å². The second-order valence-corrected chi connectivity index (χ2v) is 4.54. The maximum absolute atomic E-state index is 11.3. The molecule has 0 radical (unpaired) electrons. The van der Waals surface area contributed by atoms with Crippen molar-refractivity contribution in [2.45, 2.75) is 19.9 Å². The predicted molar refractivity (Wildman–Crippen MR) is 69.0 cm³/mol. The van der Waals surface area contributed by atoms with Crippen LogP contribution in [0.4, 0.5) is 5.69 Å².